The zero-order chi connectivity index (χ0) is 16.5. The lowest BCUT2D eigenvalue weighted by Gasteiger charge is -2.47. The van der Waals surface area contributed by atoms with E-state index in [2.05, 4.69) is 59.1 Å². The van der Waals surface area contributed by atoms with Crippen molar-refractivity contribution in [2.45, 2.75) is 84.8 Å². The second kappa shape index (κ2) is 6.25. The summed E-state index contributed by atoms with van der Waals surface area (Å²) in [4.78, 5) is 12.5. The van der Waals surface area contributed by atoms with E-state index in [1.54, 1.807) is 0 Å². The molecule has 0 spiro atoms. The lowest BCUT2D eigenvalue weighted by Crippen LogP contribution is -2.62. The molecule has 1 rings (SSSR count). The van der Waals surface area contributed by atoms with Gasteiger partial charge in [-0.1, -0.05) is 20.8 Å². The van der Waals surface area contributed by atoms with Gasteiger partial charge in [-0.25, -0.2) is 0 Å². The van der Waals surface area contributed by atoms with Crippen LogP contribution in [-0.2, 0) is 4.79 Å². The summed E-state index contributed by atoms with van der Waals surface area (Å²) in [6, 6.07) is 0.220. The van der Waals surface area contributed by atoms with Gasteiger partial charge in [-0.15, -0.1) is 0 Å². The molecule has 1 aliphatic heterocycles. The largest absolute Gasteiger partial charge is 0.353 e. The van der Waals surface area contributed by atoms with Crippen molar-refractivity contribution in [3.8, 4) is 0 Å². The topological polar surface area (TPSA) is 67.2 Å². The number of nitrogens with one attached hydrogen (secondary N) is 2. The van der Waals surface area contributed by atoms with Gasteiger partial charge >= 0.3 is 0 Å². The van der Waals surface area contributed by atoms with Crippen LogP contribution in [0.2, 0.25) is 0 Å². The molecule has 0 aromatic rings. The molecular formula is C17H35N3O. The van der Waals surface area contributed by atoms with E-state index in [9.17, 15) is 4.79 Å². The van der Waals surface area contributed by atoms with Gasteiger partial charge in [0.1, 0.15) is 0 Å². The van der Waals surface area contributed by atoms with Gasteiger partial charge in [0.2, 0.25) is 5.91 Å². The highest BCUT2D eigenvalue weighted by Gasteiger charge is 2.38. The molecule has 1 saturated heterocycles. The highest BCUT2D eigenvalue weighted by atomic mass is 16.2. The van der Waals surface area contributed by atoms with Crippen LogP contribution in [0, 0.1) is 11.3 Å². The summed E-state index contributed by atoms with van der Waals surface area (Å²) in [5.74, 6) is 0.0250. The minimum Gasteiger partial charge on any atom is -0.353 e. The van der Waals surface area contributed by atoms with Gasteiger partial charge in [0, 0.05) is 23.7 Å². The smallest absolute Gasteiger partial charge is 0.224 e. The van der Waals surface area contributed by atoms with E-state index < -0.39 is 0 Å². The van der Waals surface area contributed by atoms with Crippen LogP contribution in [0.25, 0.3) is 0 Å². The van der Waals surface area contributed by atoms with Crippen LogP contribution in [-0.4, -0.2) is 29.6 Å². The van der Waals surface area contributed by atoms with E-state index in [-0.39, 0.29) is 34.4 Å². The third-order valence-electron chi connectivity index (χ3n) is 4.05. The minimum absolute atomic E-state index is 0.0436. The number of carbonyl (C=O) groups is 1. The van der Waals surface area contributed by atoms with Crippen molar-refractivity contribution in [2.24, 2.45) is 17.1 Å². The van der Waals surface area contributed by atoms with Crippen LogP contribution < -0.4 is 16.4 Å². The van der Waals surface area contributed by atoms with Crippen molar-refractivity contribution >= 4 is 5.91 Å². The molecule has 1 unspecified atom stereocenters. The molecule has 1 heterocycles. The monoisotopic (exact) mass is 297 g/mol. The molecule has 4 heteroatoms. The van der Waals surface area contributed by atoms with Gasteiger partial charge in [-0.3, -0.25) is 4.79 Å². The third-order valence-corrected chi connectivity index (χ3v) is 4.05. The van der Waals surface area contributed by atoms with Gasteiger partial charge in [-0.2, -0.15) is 0 Å². The predicted octanol–water partition coefficient (Wildman–Crippen LogP) is 2.42. The first kappa shape index (κ1) is 18.4. The number of hydrogen-bond donors (Lipinski definition) is 3. The van der Waals surface area contributed by atoms with E-state index in [0.29, 0.717) is 6.54 Å². The first-order chi connectivity index (χ1) is 9.34. The molecule has 0 saturated carbocycles. The third kappa shape index (κ3) is 6.35. The van der Waals surface area contributed by atoms with E-state index in [1.165, 1.54) is 0 Å². The summed E-state index contributed by atoms with van der Waals surface area (Å²) < 4.78 is 0. The molecule has 1 aliphatic rings. The summed E-state index contributed by atoms with van der Waals surface area (Å²) in [6.45, 7) is 15.7. The van der Waals surface area contributed by atoms with Crippen LogP contribution >= 0.6 is 0 Å². The molecule has 1 atom stereocenters. The number of piperidine rings is 1. The van der Waals surface area contributed by atoms with Crippen molar-refractivity contribution in [1.29, 1.82) is 0 Å². The van der Waals surface area contributed by atoms with Crippen LogP contribution in [0.5, 0.6) is 0 Å². The SMILES string of the molecule is CC(C)(C)CC(CN)C(=O)NC1CC(C)(C)NC(C)(C)C1. The first-order valence-electron chi connectivity index (χ1n) is 8.13. The molecule has 1 amide bonds. The Kier molecular flexibility index (Phi) is 5.49. The van der Waals surface area contributed by atoms with Gasteiger partial charge in [0.05, 0.1) is 5.92 Å². The molecule has 0 bridgehead atoms. The number of amides is 1. The quantitative estimate of drug-likeness (QED) is 0.746. The summed E-state index contributed by atoms with van der Waals surface area (Å²) in [5, 5.41) is 6.89. The summed E-state index contributed by atoms with van der Waals surface area (Å²) in [7, 11) is 0. The maximum atomic E-state index is 12.5. The fraction of sp³-hybridized carbons (Fsp3) is 0.941. The fourth-order valence-electron chi connectivity index (χ4n) is 3.77. The number of rotatable bonds is 4. The van der Waals surface area contributed by atoms with Crippen LogP contribution in [0.4, 0.5) is 0 Å². The predicted molar refractivity (Wildman–Crippen MR) is 89.1 cm³/mol. The van der Waals surface area contributed by atoms with E-state index >= 15 is 0 Å². The van der Waals surface area contributed by atoms with E-state index in [0.717, 1.165) is 19.3 Å². The lowest BCUT2D eigenvalue weighted by atomic mass is 9.79. The van der Waals surface area contributed by atoms with Crippen molar-refractivity contribution in [3.63, 3.8) is 0 Å². The Morgan fingerprint density at radius 1 is 1.24 bits per heavy atom. The zero-order valence-corrected chi connectivity index (χ0v) is 15.0. The van der Waals surface area contributed by atoms with Gasteiger partial charge in [0.25, 0.3) is 0 Å². The standard InChI is InChI=1S/C17H35N3O/c1-15(2,3)8-12(11-18)14(21)19-13-9-16(4,5)20-17(6,7)10-13/h12-13,20H,8-11,18H2,1-7H3,(H,19,21). The van der Waals surface area contributed by atoms with E-state index in [1.807, 2.05) is 0 Å². The number of carbonyl (C=O) groups excluding carboxylic acids is 1. The highest BCUT2D eigenvalue weighted by Crippen LogP contribution is 2.29. The molecule has 1 fully saturated rings. The molecule has 21 heavy (non-hydrogen) atoms. The molecular weight excluding hydrogens is 262 g/mol. The second-order valence-electron chi connectivity index (χ2n) is 9.20. The Hall–Kier alpha value is -0.610. The average molecular weight is 297 g/mol. The van der Waals surface area contributed by atoms with Crippen molar-refractivity contribution in [3.05, 3.63) is 0 Å². The fourth-order valence-corrected chi connectivity index (χ4v) is 3.77. The Balaban J connectivity index is 2.68. The Morgan fingerprint density at radius 3 is 2.10 bits per heavy atom. The van der Waals surface area contributed by atoms with Crippen LogP contribution in [0.3, 0.4) is 0 Å². The van der Waals surface area contributed by atoms with Gasteiger partial charge < -0.3 is 16.4 Å². The normalized spacial score (nSPS) is 23.6. The molecule has 0 aromatic carbocycles. The Bertz CT molecular complexity index is 353. The summed E-state index contributed by atoms with van der Waals surface area (Å²) in [5.41, 5.74) is 6.03. The van der Waals surface area contributed by atoms with Gasteiger partial charge in [0.15, 0.2) is 0 Å². The minimum atomic E-state index is -0.0916. The molecule has 4 N–H and O–H groups in total. The molecule has 0 radical (unpaired) electrons. The number of nitrogens with two attached hydrogens (primary N) is 1. The Morgan fingerprint density at radius 2 is 1.71 bits per heavy atom. The van der Waals surface area contributed by atoms with Crippen molar-refractivity contribution in [1.82, 2.24) is 10.6 Å². The van der Waals surface area contributed by atoms with Crippen molar-refractivity contribution in [2.75, 3.05) is 6.54 Å². The maximum Gasteiger partial charge on any atom is 0.224 e. The first-order valence-corrected chi connectivity index (χ1v) is 8.13. The summed E-state index contributed by atoms with van der Waals surface area (Å²) in [6.07, 6.45) is 2.73. The highest BCUT2D eigenvalue weighted by molar-refractivity contribution is 5.79. The maximum absolute atomic E-state index is 12.5. The van der Waals surface area contributed by atoms with Crippen LogP contribution in [0.1, 0.15) is 67.7 Å². The molecule has 0 aromatic heterocycles. The van der Waals surface area contributed by atoms with Crippen LogP contribution in [0.15, 0.2) is 0 Å². The molecule has 124 valence electrons. The van der Waals surface area contributed by atoms with Crippen molar-refractivity contribution < 1.29 is 4.79 Å². The number of hydrogen-bond acceptors (Lipinski definition) is 3. The average Bonchev–Trinajstić information content (AvgIpc) is 2.19. The molecule has 0 aliphatic carbocycles. The van der Waals surface area contributed by atoms with Gasteiger partial charge in [-0.05, 0) is 52.4 Å². The summed E-state index contributed by atoms with van der Waals surface area (Å²) >= 11 is 0. The lowest BCUT2D eigenvalue weighted by molar-refractivity contribution is -0.126. The Labute approximate surface area is 130 Å². The second-order valence-corrected chi connectivity index (χ2v) is 9.20. The molecule has 4 nitrogen and oxygen atoms in total. The van der Waals surface area contributed by atoms with E-state index in [4.69, 9.17) is 5.73 Å². The zero-order valence-electron chi connectivity index (χ0n) is 15.0.